The van der Waals surface area contributed by atoms with E-state index in [1.54, 1.807) is 18.2 Å². The predicted octanol–water partition coefficient (Wildman–Crippen LogP) is 3.95. The lowest BCUT2D eigenvalue weighted by Crippen LogP contribution is -2.38. The largest absolute Gasteiger partial charge is 0.466 e. The van der Waals surface area contributed by atoms with E-state index >= 15 is 0 Å². The summed E-state index contributed by atoms with van der Waals surface area (Å²) >= 11 is 0. The molecule has 0 saturated heterocycles. The number of hydrogen-bond donors (Lipinski definition) is 1. The van der Waals surface area contributed by atoms with E-state index in [4.69, 9.17) is 4.74 Å². The van der Waals surface area contributed by atoms with Crippen molar-refractivity contribution in [3.63, 3.8) is 0 Å². The Kier molecular flexibility index (Phi) is 9.89. The molecular formula is C30H33F3N6O5S. The first-order chi connectivity index (χ1) is 21.2. The quantitative estimate of drug-likeness (QED) is 0.307. The minimum absolute atomic E-state index is 0.00904. The number of carbonyl (C=O) groups excluding carboxylic acids is 1. The minimum Gasteiger partial charge on any atom is -0.466 e. The Morgan fingerprint density at radius 1 is 1.18 bits per heavy atom. The number of sulfone groups is 1. The number of nitriles is 1. The monoisotopic (exact) mass is 646 g/mol. The smallest absolute Gasteiger partial charge is 0.416 e. The minimum atomic E-state index is -4.64. The standard InChI is InChI=1S/C30H33F3N6O5S/c1-19-25(27(40)44-3)26(39-28(35-36-29(39)41)38(19)23-10-5-9-22(17-23)30(31,32)33)24-12-11-20(18-34)16-21(24)8-6-13-37(2)14-7-15-45(4,42)43/h5,9-12,16-17,26H,6-8,13-15H2,1-4H3,(H,36,41)/t26-/m1/s1. The fourth-order valence-electron chi connectivity index (χ4n) is 5.49. The Morgan fingerprint density at radius 3 is 2.53 bits per heavy atom. The molecule has 4 rings (SSSR count). The van der Waals surface area contributed by atoms with Crippen molar-refractivity contribution >= 4 is 27.4 Å². The second-order valence-electron chi connectivity index (χ2n) is 10.9. The molecular weight excluding hydrogens is 613 g/mol. The van der Waals surface area contributed by atoms with Gasteiger partial charge in [0.2, 0.25) is 5.95 Å². The maximum absolute atomic E-state index is 13.6. The number of rotatable bonds is 11. The number of methoxy groups -OCH3 is 1. The van der Waals surface area contributed by atoms with Gasteiger partial charge >= 0.3 is 17.8 Å². The van der Waals surface area contributed by atoms with Crippen LogP contribution in [-0.4, -0.2) is 73.3 Å². The lowest BCUT2D eigenvalue weighted by Gasteiger charge is -2.36. The predicted molar refractivity (Wildman–Crippen MR) is 161 cm³/mol. The first-order valence-electron chi connectivity index (χ1n) is 14.0. The van der Waals surface area contributed by atoms with Gasteiger partial charge in [0, 0.05) is 17.6 Å². The van der Waals surface area contributed by atoms with Crippen LogP contribution >= 0.6 is 0 Å². The summed E-state index contributed by atoms with van der Waals surface area (Å²) in [5.41, 5.74) is 0.161. The van der Waals surface area contributed by atoms with E-state index in [0.717, 1.165) is 12.1 Å². The summed E-state index contributed by atoms with van der Waals surface area (Å²) < 4.78 is 70.1. The van der Waals surface area contributed by atoms with E-state index in [1.807, 2.05) is 11.9 Å². The molecule has 1 aliphatic heterocycles. The van der Waals surface area contributed by atoms with Crippen molar-refractivity contribution in [1.82, 2.24) is 19.7 Å². The number of nitrogens with zero attached hydrogens (tertiary/aromatic N) is 5. The molecule has 1 N–H and O–H groups in total. The molecule has 1 aliphatic rings. The van der Waals surface area contributed by atoms with Crippen molar-refractivity contribution in [3.05, 3.63) is 86.5 Å². The fourth-order valence-corrected chi connectivity index (χ4v) is 6.14. The zero-order valence-electron chi connectivity index (χ0n) is 25.2. The van der Waals surface area contributed by atoms with Crippen molar-refractivity contribution in [1.29, 1.82) is 5.26 Å². The van der Waals surface area contributed by atoms with E-state index in [1.165, 1.54) is 41.9 Å². The molecule has 0 unspecified atom stereocenters. The number of hydrogen-bond acceptors (Lipinski definition) is 9. The molecule has 0 amide bonds. The highest BCUT2D eigenvalue weighted by Crippen LogP contribution is 2.43. The number of nitrogens with one attached hydrogen (secondary N) is 1. The molecule has 2 heterocycles. The molecule has 45 heavy (non-hydrogen) atoms. The van der Waals surface area contributed by atoms with Gasteiger partial charge in [-0.3, -0.25) is 4.90 Å². The van der Waals surface area contributed by atoms with Crippen LogP contribution in [0.15, 0.2) is 58.5 Å². The number of halogens is 3. The first-order valence-corrected chi connectivity index (χ1v) is 16.0. The number of anilines is 2. The van der Waals surface area contributed by atoms with E-state index in [2.05, 4.69) is 16.3 Å². The Morgan fingerprint density at radius 2 is 1.89 bits per heavy atom. The number of aromatic nitrogens is 3. The van der Waals surface area contributed by atoms with E-state index in [9.17, 15) is 36.4 Å². The topological polar surface area (TPSA) is 141 Å². The van der Waals surface area contributed by atoms with Crippen LogP contribution in [0.1, 0.15) is 48.1 Å². The first kappa shape index (κ1) is 33.5. The van der Waals surface area contributed by atoms with Gasteiger partial charge in [0.1, 0.15) is 15.9 Å². The van der Waals surface area contributed by atoms with Crippen LogP contribution in [0.2, 0.25) is 0 Å². The fraction of sp³-hybridized carbons (Fsp3) is 0.400. The third-order valence-electron chi connectivity index (χ3n) is 7.59. The van der Waals surface area contributed by atoms with Gasteiger partial charge in [0.05, 0.1) is 35.6 Å². The van der Waals surface area contributed by atoms with Gasteiger partial charge in [0.15, 0.2) is 0 Å². The summed E-state index contributed by atoms with van der Waals surface area (Å²) in [5.74, 6) is -0.751. The molecule has 3 aromatic rings. The third kappa shape index (κ3) is 7.46. The summed E-state index contributed by atoms with van der Waals surface area (Å²) in [6.07, 6.45) is -1.93. The number of H-pyrrole nitrogens is 1. The lowest BCUT2D eigenvalue weighted by atomic mass is 9.88. The van der Waals surface area contributed by atoms with E-state index < -0.39 is 39.3 Å². The van der Waals surface area contributed by atoms with Gasteiger partial charge in [-0.1, -0.05) is 12.1 Å². The number of aryl methyl sites for hydroxylation is 1. The second-order valence-corrected chi connectivity index (χ2v) is 13.2. The Labute approximate surface area is 258 Å². The number of ether oxygens (including phenoxy) is 1. The Hall–Kier alpha value is -4.42. The van der Waals surface area contributed by atoms with Crippen LogP contribution in [0.25, 0.3) is 0 Å². The number of benzene rings is 2. The van der Waals surface area contributed by atoms with Gasteiger partial charge in [-0.15, -0.1) is 5.10 Å². The molecule has 15 heteroatoms. The normalized spacial score (nSPS) is 15.3. The Bertz CT molecular complexity index is 1820. The maximum Gasteiger partial charge on any atom is 0.416 e. The van der Waals surface area contributed by atoms with E-state index in [0.29, 0.717) is 49.0 Å². The number of esters is 1. The average molecular weight is 647 g/mol. The zero-order chi connectivity index (χ0) is 33.1. The Balaban J connectivity index is 1.78. The third-order valence-corrected chi connectivity index (χ3v) is 8.62. The summed E-state index contributed by atoms with van der Waals surface area (Å²) in [6, 6.07) is 10.4. The van der Waals surface area contributed by atoms with Crippen LogP contribution in [0.3, 0.4) is 0 Å². The summed E-state index contributed by atoms with van der Waals surface area (Å²) in [4.78, 5) is 30.0. The molecule has 0 radical (unpaired) electrons. The van der Waals surface area contributed by atoms with Crippen LogP contribution < -0.4 is 10.6 Å². The molecule has 0 fully saturated rings. The van der Waals surface area contributed by atoms with E-state index in [-0.39, 0.29) is 28.7 Å². The highest BCUT2D eigenvalue weighted by atomic mass is 32.2. The molecule has 0 saturated carbocycles. The number of alkyl halides is 3. The van der Waals surface area contributed by atoms with Crippen molar-refractivity contribution in [2.24, 2.45) is 0 Å². The van der Waals surface area contributed by atoms with Crippen molar-refractivity contribution in [3.8, 4) is 6.07 Å². The molecule has 1 atom stereocenters. The van der Waals surface area contributed by atoms with Crippen molar-refractivity contribution in [2.45, 2.75) is 38.4 Å². The molecule has 0 bridgehead atoms. The average Bonchev–Trinajstić information content (AvgIpc) is 3.35. The van der Waals surface area contributed by atoms with Crippen LogP contribution in [0, 0.1) is 11.3 Å². The molecule has 1 aromatic heterocycles. The molecule has 0 aliphatic carbocycles. The van der Waals surface area contributed by atoms with Gasteiger partial charge in [-0.05, 0) is 87.8 Å². The second kappa shape index (κ2) is 13.3. The number of allylic oxidation sites excluding steroid dienone is 1. The number of carbonyl (C=O) groups is 1. The molecule has 11 nitrogen and oxygen atoms in total. The highest BCUT2D eigenvalue weighted by molar-refractivity contribution is 7.90. The molecule has 2 aromatic carbocycles. The lowest BCUT2D eigenvalue weighted by molar-refractivity contribution is -0.138. The SMILES string of the molecule is COC(=O)C1=C(C)N(c2cccc(C(F)(F)F)c2)c2n[nH]c(=O)n2[C@@H]1c1ccc(C#N)cc1CCCN(C)CCCS(C)(=O)=O. The van der Waals surface area contributed by atoms with Gasteiger partial charge in [0.25, 0.3) is 0 Å². The highest BCUT2D eigenvalue weighted by Gasteiger charge is 2.41. The van der Waals surface area contributed by atoms with Crippen LogP contribution in [0.4, 0.5) is 24.8 Å². The molecule has 240 valence electrons. The van der Waals surface area contributed by atoms with Gasteiger partial charge in [-0.2, -0.15) is 18.4 Å². The summed E-state index contributed by atoms with van der Waals surface area (Å²) in [7, 11) is -0.0300. The van der Waals surface area contributed by atoms with Gasteiger partial charge in [-0.25, -0.2) is 27.7 Å². The number of aromatic amines is 1. The van der Waals surface area contributed by atoms with Crippen molar-refractivity contribution < 1.29 is 31.1 Å². The van der Waals surface area contributed by atoms with Crippen LogP contribution in [0.5, 0.6) is 0 Å². The number of fused-ring (bicyclic) bond motifs is 1. The van der Waals surface area contributed by atoms with Crippen LogP contribution in [-0.2, 0) is 32.0 Å². The molecule has 0 spiro atoms. The summed E-state index contributed by atoms with van der Waals surface area (Å²) in [5, 5.41) is 16.1. The maximum atomic E-state index is 13.6. The van der Waals surface area contributed by atoms with Gasteiger partial charge < -0.3 is 9.64 Å². The van der Waals surface area contributed by atoms with Crippen molar-refractivity contribution in [2.75, 3.05) is 44.2 Å². The summed E-state index contributed by atoms with van der Waals surface area (Å²) in [6.45, 7) is 2.70. The zero-order valence-corrected chi connectivity index (χ0v) is 26.0.